The maximum absolute atomic E-state index is 9.96. The number of hydrogen-bond acceptors (Lipinski definition) is 6. The summed E-state index contributed by atoms with van der Waals surface area (Å²) in [5.74, 6) is 2.48. The predicted octanol–water partition coefficient (Wildman–Crippen LogP) is 18.6. The monoisotopic (exact) mass is 1290 g/mol. The summed E-state index contributed by atoms with van der Waals surface area (Å²) in [6.45, 7) is 0. The van der Waals surface area contributed by atoms with Gasteiger partial charge in [-0.3, -0.25) is 22.8 Å². The summed E-state index contributed by atoms with van der Waals surface area (Å²) in [5, 5.41) is 4.84. The minimum atomic E-state index is -1.00. The van der Waals surface area contributed by atoms with Crippen LogP contribution in [0.1, 0.15) is 2.80 Å². The van der Waals surface area contributed by atoms with Crippen LogP contribution < -0.4 is 29.6 Å². The maximum atomic E-state index is 9.96. The number of aromatic nitrogens is 10. The molecule has 0 amide bonds. The fraction of sp³-hybridized carbons (Fsp3) is 0.0120. The zero-order valence-corrected chi connectivity index (χ0v) is 55.3. The normalized spacial score (nSPS) is 11.0. The van der Waals surface area contributed by atoms with Gasteiger partial charge in [-0.1, -0.05) is 255 Å². The van der Waals surface area contributed by atoms with E-state index in [1.807, 2.05) is 127 Å². The van der Waals surface area contributed by atoms with Crippen molar-refractivity contribution in [2.45, 2.75) is 0 Å². The zero-order valence-electron chi connectivity index (χ0n) is 54.6. The molecule has 18 rings (SSSR count). The van der Waals surface area contributed by atoms with E-state index in [9.17, 15) is 4.39 Å². The van der Waals surface area contributed by atoms with Gasteiger partial charge in [0.1, 0.15) is 11.6 Å². The Labute approximate surface area is 588 Å². The molecule has 0 spiro atoms. The minimum absolute atomic E-state index is 0. The Morgan fingerprint density at radius 1 is 0.340 bits per heavy atom. The molecule has 12 aromatic carbocycles. The average molecular weight is 1290 g/mol. The van der Waals surface area contributed by atoms with Crippen LogP contribution >= 0.6 is 11.6 Å². The molecule has 14 heteroatoms. The number of hydrogen-bond donors (Lipinski definition) is 1. The van der Waals surface area contributed by atoms with E-state index in [-0.39, 0.29) is 41.0 Å². The molecule has 0 saturated heterocycles. The van der Waals surface area contributed by atoms with Gasteiger partial charge in [0.05, 0.1) is 64.4 Å². The summed E-state index contributed by atoms with van der Waals surface area (Å²) in [6, 6.07) is 112. The van der Waals surface area contributed by atoms with Crippen LogP contribution in [0.5, 0.6) is 0 Å². The molecule has 0 aliphatic carbocycles. The third-order valence-corrected chi connectivity index (χ3v) is 16.9. The third-order valence-electron chi connectivity index (χ3n) is 16.7. The summed E-state index contributed by atoms with van der Waals surface area (Å²) in [7, 11) is -1.00. The van der Waals surface area contributed by atoms with Crippen LogP contribution in [0.3, 0.4) is 0 Å². The van der Waals surface area contributed by atoms with Crippen LogP contribution in [0.15, 0.2) is 328 Å². The molecule has 0 atom stereocenters. The van der Waals surface area contributed by atoms with Crippen molar-refractivity contribution in [1.29, 1.82) is 0 Å². The van der Waals surface area contributed by atoms with Crippen molar-refractivity contribution in [3.05, 3.63) is 333 Å². The van der Waals surface area contributed by atoms with Crippen LogP contribution in [0, 0.1) is 0 Å². The summed E-state index contributed by atoms with van der Waals surface area (Å²) in [4.78, 5) is 33.0. The van der Waals surface area contributed by atoms with Crippen molar-refractivity contribution in [1.82, 2.24) is 48.6 Å². The summed E-state index contributed by atoms with van der Waals surface area (Å²) >= 11 is 6.03. The van der Waals surface area contributed by atoms with E-state index in [1.165, 1.54) is 10.8 Å². The van der Waals surface area contributed by atoms with Gasteiger partial charge in [-0.15, -0.1) is 0 Å². The topological polar surface area (TPSA) is 108 Å². The van der Waals surface area contributed by atoms with Gasteiger partial charge in [-0.25, -0.2) is 29.9 Å². The standard InChI is InChI=1S/C41H27N5.C25H17N3.C16H11ClN2.CH3F.FH.Na.H/c1-5-15-28(16-6-1)33-27-34(29-17-7-2-8-18-29)43-41(42-33)46-35-24-14-13-23-32(35)38-36(46)25-26-37-39(38)44-40(30-19-9-3-10-20-30)45(37)31-21-11-4-12-22-31;1-3-9-17(10-4-1)25-27-24-22(28(25)18-11-5-2-6-12-18)16-15-21-23(24)19-13-7-8-14-20(19)26-21;17-16-18-14(12-7-3-1-4-8-12)11-15(19-16)13-9-5-2-6-10-13;1-2;;;/h1-27H;1-16,26H;1-11H;1H3;1H;;/q;;;;;+1;-1/i;;;1D;;;. The Balaban J connectivity index is 0.000000150. The summed E-state index contributed by atoms with van der Waals surface area (Å²) in [6.07, 6.45) is 0. The molecule has 10 nitrogen and oxygen atoms in total. The molecule has 0 aliphatic rings. The second-order valence-corrected chi connectivity index (χ2v) is 22.8. The average Bonchev–Trinajstić information content (AvgIpc) is 1.56. The van der Waals surface area contributed by atoms with Crippen molar-refractivity contribution in [3.8, 4) is 85.1 Å². The number of alkyl halides is 1. The van der Waals surface area contributed by atoms with Gasteiger partial charge in [0.25, 0.3) is 0 Å². The molecule has 0 radical (unpaired) electrons. The molecular weight excluding hydrogens is 1230 g/mol. The fourth-order valence-electron chi connectivity index (χ4n) is 12.5. The second-order valence-electron chi connectivity index (χ2n) is 22.5. The number of fused-ring (bicyclic) bond motifs is 10. The quantitative estimate of drug-likeness (QED) is 0.114. The largest absolute Gasteiger partial charge is 1.00 e. The number of nitrogens with one attached hydrogen (secondary N) is 1. The van der Waals surface area contributed by atoms with E-state index < -0.39 is 7.15 Å². The van der Waals surface area contributed by atoms with Crippen molar-refractivity contribution in [3.63, 3.8) is 0 Å². The van der Waals surface area contributed by atoms with Gasteiger partial charge < -0.3 is 6.41 Å². The molecular formula is C83H60ClF2N10Na. The number of imidazole rings is 2. The summed E-state index contributed by atoms with van der Waals surface area (Å²) in [5.41, 5.74) is 20.3. The van der Waals surface area contributed by atoms with E-state index >= 15 is 0 Å². The number of aromatic amines is 1. The first-order valence-electron chi connectivity index (χ1n) is 31.8. The molecule has 18 aromatic rings. The number of halogens is 3. The molecule has 6 heterocycles. The molecule has 1 N–H and O–H groups in total. The van der Waals surface area contributed by atoms with Gasteiger partial charge >= 0.3 is 29.6 Å². The molecule has 0 bridgehead atoms. The molecule has 0 saturated carbocycles. The van der Waals surface area contributed by atoms with Crippen LogP contribution in [0.25, 0.3) is 151 Å². The number of nitrogens with zero attached hydrogens (tertiary/aromatic N) is 9. The Hall–Kier alpha value is -11.5. The van der Waals surface area contributed by atoms with Crippen LogP contribution in [0.2, 0.25) is 5.28 Å². The Bertz CT molecular complexity index is 5600. The van der Waals surface area contributed by atoms with Gasteiger partial charge in [0.2, 0.25) is 11.2 Å². The Morgan fingerprint density at radius 3 is 1.12 bits per heavy atom. The van der Waals surface area contributed by atoms with Gasteiger partial charge in [0, 0.05) is 77.3 Å². The molecule has 97 heavy (non-hydrogen) atoms. The van der Waals surface area contributed by atoms with E-state index in [1.54, 1.807) is 0 Å². The van der Waals surface area contributed by atoms with E-state index in [2.05, 4.69) is 229 Å². The fourth-order valence-corrected chi connectivity index (χ4v) is 12.7. The number of H-pyrrole nitrogens is 1. The Kier molecular flexibility index (Phi) is 18.8. The van der Waals surface area contributed by atoms with Crippen molar-refractivity contribution in [2.75, 3.05) is 7.15 Å². The first kappa shape index (κ1) is 62.9. The third kappa shape index (κ3) is 12.7. The predicted molar refractivity (Wildman–Crippen MR) is 392 cm³/mol. The number of para-hydroxylation sites is 4. The molecule has 464 valence electrons. The smallest absolute Gasteiger partial charge is 1.00 e. The summed E-state index contributed by atoms with van der Waals surface area (Å²) < 4.78 is 22.2. The van der Waals surface area contributed by atoms with E-state index in [4.69, 9.17) is 32.9 Å². The first-order valence-corrected chi connectivity index (χ1v) is 31.4. The molecule has 0 fully saturated rings. The van der Waals surface area contributed by atoms with Crippen molar-refractivity contribution < 1.29 is 41.4 Å². The van der Waals surface area contributed by atoms with Crippen LogP contribution in [-0.4, -0.2) is 55.7 Å². The van der Waals surface area contributed by atoms with E-state index in [0.29, 0.717) is 5.95 Å². The van der Waals surface area contributed by atoms with Crippen LogP contribution in [0.4, 0.5) is 9.09 Å². The van der Waals surface area contributed by atoms with Gasteiger partial charge in [-0.2, -0.15) is 0 Å². The van der Waals surface area contributed by atoms with Crippen molar-refractivity contribution in [2.24, 2.45) is 0 Å². The first-order chi connectivity index (χ1) is 47.5. The Morgan fingerprint density at radius 2 is 0.680 bits per heavy atom. The molecule has 6 aromatic heterocycles. The SMILES string of the molecule is Clc1nc(-c2ccccc2)cc(-c2ccccc2)n1.F.[2H]CF.[H-].[Na+].c1ccc(-c2cc(-c3ccccc3)nc(-n3c4ccccc4c4c5nc(-c6ccccc6)n(-c6ccccc6)c5ccc43)n2)cc1.c1ccc(-c2nc3c4c(ccc3n2-c2ccccc2)[nH]c2ccccc24)cc1. The van der Waals surface area contributed by atoms with Crippen LogP contribution in [-0.2, 0) is 0 Å². The molecule has 0 aliphatic heterocycles. The minimum Gasteiger partial charge on any atom is -1.00 e. The number of rotatable bonds is 9. The second kappa shape index (κ2) is 29.0. The molecule has 0 unspecified atom stereocenters. The van der Waals surface area contributed by atoms with E-state index in [0.717, 1.165) is 134 Å². The maximum Gasteiger partial charge on any atom is 1.00 e. The van der Waals surface area contributed by atoms with Gasteiger partial charge in [0.15, 0.2) is 0 Å². The van der Waals surface area contributed by atoms with Gasteiger partial charge in [-0.05, 0) is 84.4 Å². The number of benzene rings is 12. The van der Waals surface area contributed by atoms with Crippen molar-refractivity contribution >= 4 is 77.3 Å². The zero-order chi connectivity index (χ0) is 64.7.